The van der Waals surface area contributed by atoms with E-state index in [4.69, 9.17) is 0 Å². The van der Waals surface area contributed by atoms with Crippen molar-refractivity contribution in [2.24, 2.45) is 0 Å². The minimum Gasteiger partial charge on any atom is -0.383 e. The van der Waals surface area contributed by atoms with Gasteiger partial charge in [-0.15, -0.1) is 11.3 Å². The monoisotopic (exact) mass is 312 g/mol. The maximum Gasteiger partial charge on any atom is 0.260 e. The molecule has 2 rings (SSSR count). The van der Waals surface area contributed by atoms with Gasteiger partial charge in [-0.2, -0.15) is 0 Å². The Bertz CT molecular complexity index is 641. The van der Waals surface area contributed by atoms with Crippen molar-refractivity contribution < 1.29 is 8.42 Å². The number of hydrogen-bond acceptors (Lipinski definition) is 6. The lowest BCUT2D eigenvalue weighted by atomic mass is 10.4. The average molecular weight is 312 g/mol. The summed E-state index contributed by atoms with van der Waals surface area (Å²) >= 11 is 1.43. The van der Waals surface area contributed by atoms with E-state index in [1.54, 1.807) is 23.0 Å². The number of thiazole rings is 1. The van der Waals surface area contributed by atoms with Gasteiger partial charge in [0, 0.05) is 18.1 Å². The fraction of sp³-hybridized carbons (Fsp3) is 0.333. The van der Waals surface area contributed by atoms with E-state index < -0.39 is 10.0 Å². The smallest absolute Gasteiger partial charge is 0.260 e. The Morgan fingerprint density at radius 2 is 2.20 bits per heavy atom. The van der Waals surface area contributed by atoms with E-state index in [1.807, 2.05) is 6.92 Å². The Labute approximate surface area is 122 Å². The van der Waals surface area contributed by atoms with Crippen LogP contribution in [0.15, 0.2) is 34.2 Å². The number of hydrogen-bond donors (Lipinski definition) is 2. The van der Waals surface area contributed by atoms with Crippen molar-refractivity contribution in [3.8, 4) is 0 Å². The predicted octanol–water partition coefficient (Wildman–Crippen LogP) is 1.84. The van der Waals surface area contributed by atoms with Crippen LogP contribution < -0.4 is 10.0 Å². The van der Waals surface area contributed by atoms with E-state index in [0.717, 1.165) is 6.42 Å². The molecule has 0 aliphatic heterocycles. The molecule has 0 bridgehead atoms. The van der Waals surface area contributed by atoms with Crippen LogP contribution in [-0.4, -0.2) is 24.9 Å². The molecule has 2 aromatic heterocycles. The minimum absolute atomic E-state index is 0.0173. The van der Waals surface area contributed by atoms with E-state index in [2.05, 4.69) is 20.0 Å². The summed E-state index contributed by atoms with van der Waals surface area (Å²) in [7, 11) is -3.66. The first kappa shape index (κ1) is 14.9. The first-order valence-corrected chi connectivity index (χ1v) is 8.61. The van der Waals surface area contributed by atoms with E-state index in [1.165, 1.54) is 17.5 Å². The minimum atomic E-state index is -3.66. The Morgan fingerprint density at radius 3 is 2.90 bits per heavy atom. The van der Waals surface area contributed by atoms with Gasteiger partial charge in [-0.3, -0.25) is 0 Å². The Balaban J connectivity index is 2.16. The molecule has 6 nitrogen and oxygen atoms in total. The molecule has 0 atom stereocenters. The quantitative estimate of drug-likeness (QED) is 0.815. The van der Waals surface area contributed by atoms with Gasteiger partial charge >= 0.3 is 0 Å². The summed E-state index contributed by atoms with van der Waals surface area (Å²) in [6, 6.07) is 3.41. The Hall–Kier alpha value is -1.51. The van der Waals surface area contributed by atoms with Crippen LogP contribution in [0, 0.1) is 0 Å². The van der Waals surface area contributed by atoms with Gasteiger partial charge < -0.3 is 5.32 Å². The second-order valence-corrected chi connectivity index (χ2v) is 6.49. The van der Waals surface area contributed by atoms with Gasteiger partial charge in [-0.05, 0) is 18.6 Å². The van der Waals surface area contributed by atoms with E-state index >= 15 is 0 Å². The van der Waals surface area contributed by atoms with Crippen LogP contribution in [0.5, 0.6) is 0 Å². The molecule has 0 aliphatic carbocycles. The fourth-order valence-electron chi connectivity index (χ4n) is 1.56. The van der Waals surface area contributed by atoms with Crippen molar-refractivity contribution in [3.63, 3.8) is 0 Å². The molecule has 0 fully saturated rings. The average Bonchev–Trinajstić information content (AvgIpc) is 2.97. The predicted molar refractivity (Wildman–Crippen MR) is 79.2 cm³/mol. The van der Waals surface area contributed by atoms with Gasteiger partial charge in [0.1, 0.15) is 0 Å². The van der Waals surface area contributed by atoms with Gasteiger partial charge in [0.25, 0.3) is 10.0 Å². The highest BCUT2D eigenvalue weighted by atomic mass is 32.2. The molecule has 2 N–H and O–H groups in total. The molecule has 2 heterocycles. The molecule has 0 saturated carbocycles. The highest BCUT2D eigenvalue weighted by Crippen LogP contribution is 2.18. The molecule has 0 unspecified atom stereocenters. The summed E-state index contributed by atoms with van der Waals surface area (Å²) in [4.78, 5) is 8.01. The first-order valence-electron chi connectivity index (χ1n) is 6.19. The summed E-state index contributed by atoms with van der Waals surface area (Å²) in [6.45, 7) is 2.87. The highest BCUT2D eigenvalue weighted by Gasteiger charge is 2.19. The van der Waals surface area contributed by atoms with E-state index in [-0.39, 0.29) is 11.6 Å². The van der Waals surface area contributed by atoms with Crippen LogP contribution in [0.25, 0.3) is 0 Å². The van der Waals surface area contributed by atoms with E-state index in [9.17, 15) is 8.42 Å². The zero-order valence-corrected chi connectivity index (χ0v) is 12.7. The van der Waals surface area contributed by atoms with Gasteiger partial charge in [-0.1, -0.05) is 6.92 Å². The van der Waals surface area contributed by atoms with Crippen LogP contribution in [0.3, 0.4) is 0 Å². The van der Waals surface area contributed by atoms with Crippen LogP contribution >= 0.6 is 11.3 Å². The zero-order chi connectivity index (χ0) is 14.4. The molecule has 8 heteroatoms. The third kappa shape index (κ3) is 3.75. The molecule has 0 aliphatic rings. The number of rotatable bonds is 7. The number of anilines is 1. The lowest BCUT2D eigenvalue weighted by Crippen LogP contribution is -2.25. The number of sulfonamides is 1. The van der Waals surface area contributed by atoms with Crippen molar-refractivity contribution >= 4 is 27.0 Å². The normalized spacial score (nSPS) is 11.4. The van der Waals surface area contributed by atoms with Gasteiger partial charge in [0.2, 0.25) is 0 Å². The molecule has 108 valence electrons. The molecule has 0 radical (unpaired) electrons. The van der Waals surface area contributed by atoms with Gasteiger partial charge in [0.15, 0.2) is 5.03 Å². The highest BCUT2D eigenvalue weighted by molar-refractivity contribution is 7.89. The second kappa shape index (κ2) is 6.78. The molecule has 0 spiro atoms. The Kier molecular flexibility index (Phi) is 5.05. The first-order chi connectivity index (χ1) is 9.63. The van der Waals surface area contributed by atoms with Crippen LogP contribution in [0.2, 0.25) is 0 Å². The molecular weight excluding hydrogens is 296 g/mol. The lowest BCUT2D eigenvalue weighted by molar-refractivity contribution is 0.577. The number of nitrogens with zero attached hydrogens (tertiary/aromatic N) is 2. The summed E-state index contributed by atoms with van der Waals surface area (Å²) < 4.78 is 27.1. The third-order valence-corrected chi connectivity index (χ3v) is 4.51. The van der Waals surface area contributed by atoms with Gasteiger partial charge in [0.05, 0.1) is 23.4 Å². The third-order valence-electron chi connectivity index (χ3n) is 2.52. The van der Waals surface area contributed by atoms with Crippen LogP contribution in [-0.2, 0) is 16.6 Å². The topological polar surface area (TPSA) is 84.0 Å². The molecule has 0 amide bonds. The van der Waals surface area contributed by atoms with Crippen LogP contribution in [0.4, 0.5) is 5.69 Å². The summed E-state index contributed by atoms with van der Waals surface area (Å²) in [5, 5.41) is 4.89. The zero-order valence-electron chi connectivity index (χ0n) is 11.0. The summed E-state index contributed by atoms with van der Waals surface area (Å²) in [5.74, 6) is 0. The summed E-state index contributed by atoms with van der Waals surface area (Å²) in [6.07, 6.45) is 2.37. The molecule has 0 saturated heterocycles. The standard InChI is InChI=1S/C12H16N4O2S2/c1-2-5-13-11-4-3-6-14-12(11)20(17,18)16-7-10-8-19-9-15-10/h3-4,6,8-9,13,16H,2,5,7H2,1H3. The lowest BCUT2D eigenvalue weighted by Gasteiger charge is -2.11. The SMILES string of the molecule is CCCNc1cccnc1S(=O)(=O)NCc1cscn1. The van der Waals surface area contributed by atoms with Crippen molar-refractivity contribution in [1.82, 2.24) is 14.7 Å². The maximum atomic E-state index is 12.3. The number of aromatic nitrogens is 2. The van der Waals surface area contributed by atoms with Crippen molar-refractivity contribution in [2.45, 2.75) is 24.9 Å². The van der Waals surface area contributed by atoms with Crippen LogP contribution in [0.1, 0.15) is 19.0 Å². The maximum absolute atomic E-state index is 12.3. The van der Waals surface area contributed by atoms with E-state index in [0.29, 0.717) is 17.9 Å². The molecular formula is C12H16N4O2S2. The Morgan fingerprint density at radius 1 is 1.35 bits per heavy atom. The molecule has 20 heavy (non-hydrogen) atoms. The van der Waals surface area contributed by atoms with Crippen molar-refractivity contribution in [1.29, 1.82) is 0 Å². The largest absolute Gasteiger partial charge is 0.383 e. The van der Waals surface area contributed by atoms with Crippen molar-refractivity contribution in [3.05, 3.63) is 34.9 Å². The van der Waals surface area contributed by atoms with Crippen molar-refractivity contribution in [2.75, 3.05) is 11.9 Å². The second-order valence-electron chi connectivity index (χ2n) is 4.09. The fourth-order valence-corrected chi connectivity index (χ4v) is 3.22. The summed E-state index contributed by atoms with van der Waals surface area (Å²) in [5.41, 5.74) is 2.87. The van der Waals surface area contributed by atoms with Gasteiger partial charge in [-0.25, -0.2) is 23.1 Å². The molecule has 0 aromatic carbocycles. The number of nitrogens with one attached hydrogen (secondary N) is 2. The number of pyridine rings is 1. The molecule has 2 aromatic rings.